The SMILES string of the molecule is CC(C)(C)CCc1noc(C(c2ccc(Cl)cc2Cl)N2CCOCC2)n1.O=C(O)C(F)(F)F. The van der Waals surface area contributed by atoms with Crippen molar-refractivity contribution in [1.82, 2.24) is 15.0 Å². The molecule has 1 aliphatic heterocycles. The number of rotatable bonds is 5. The van der Waals surface area contributed by atoms with Gasteiger partial charge < -0.3 is 14.4 Å². The number of ether oxygens (including phenoxy) is 1. The van der Waals surface area contributed by atoms with Crippen molar-refractivity contribution in [3.63, 3.8) is 0 Å². The number of aryl methyl sites for hydroxylation is 1. The smallest absolute Gasteiger partial charge is 0.475 e. The largest absolute Gasteiger partial charge is 0.490 e. The van der Waals surface area contributed by atoms with Gasteiger partial charge in [0.05, 0.1) is 13.2 Å². The Bertz CT molecular complexity index is 926. The van der Waals surface area contributed by atoms with Crippen molar-refractivity contribution in [2.75, 3.05) is 26.3 Å². The van der Waals surface area contributed by atoms with Crippen LogP contribution in [0.2, 0.25) is 10.0 Å². The van der Waals surface area contributed by atoms with E-state index in [1.807, 2.05) is 12.1 Å². The first kappa shape index (κ1) is 27.4. The lowest BCUT2D eigenvalue weighted by Crippen LogP contribution is -2.39. The average molecular weight is 512 g/mol. The van der Waals surface area contributed by atoms with Crippen LogP contribution in [0.4, 0.5) is 13.2 Å². The van der Waals surface area contributed by atoms with Gasteiger partial charge in [-0.3, -0.25) is 4.90 Å². The second-order valence-electron chi connectivity index (χ2n) is 8.63. The van der Waals surface area contributed by atoms with E-state index in [1.54, 1.807) is 6.07 Å². The van der Waals surface area contributed by atoms with Crippen LogP contribution in [0.5, 0.6) is 0 Å². The van der Waals surface area contributed by atoms with Crippen LogP contribution in [0.3, 0.4) is 0 Å². The third-order valence-electron chi connectivity index (χ3n) is 4.73. The van der Waals surface area contributed by atoms with Gasteiger partial charge in [0.2, 0.25) is 5.89 Å². The number of aliphatic carboxylic acids is 1. The zero-order valence-electron chi connectivity index (χ0n) is 18.5. The Morgan fingerprint density at radius 1 is 1.21 bits per heavy atom. The topological polar surface area (TPSA) is 88.7 Å². The third-order valence-corrected chi connectivity index (χ3v) is 5.29. The summed E-state index contributed by atoms with van der Waals surface area (Å²) in [5.74, 6) is -1.45. The maximum absolute atomic E-state index is 10.6. The van der Waals surface area contributed by atoms with Crippen molar-refractivity contribution in [3.05, 3.63) is 45.5 Å². The van der Waals surface area contributed by atoms with Gasteiger partial charge in [-0.1, -0.05) is 55.2 Å². The zero-order valence-corrected chi connectivity index (χ0v) is 20.0. The van der Waals surface area contributed by atoms with Crippen molar-refractivity contribution in [3.8, 4) is 0 Å². The van der Waals surface area contributed by atoms with Crippen LogP contribution in [-0.2, 0) is 16.0 Å². The molecule has 1 atom stereocenters. The summed E-state index contributed by atoms with van der Waals surface area (Å²) < 4.78 is 42.9. The summed E-state index contributed by atoms with van der Waals surface area (Å²) in [6.07, 6.45) is -3.30. The molecule has 0 saturated carbocycles. The minimum atomic E-state index is -5.08. The molecule has 1 fully saturated rings. The number of benzene rings is 1. The van der Waals surface area contributed by atoms with Crippen LogP contribution in [0.15, 0.2) is 22.7 Å². The van der Waals surface area contributed by atoms with Crippen molar-refractivity contribution >= 4 is 29.2 Å². The molecule has 1 unspecified atom stereocenters. The zero-order chi connectivity index (χ0) is 24.8. The summed E-state index contributed by atoms with van der Waals surface area (Å²) in [7, 11) is 0. The van der Waals surface area contributed by atoms with E-state index in [1.165, 1.54) is 0 Å². The summed E-state index contributed by atoms with van der Waals surface area (Å²) in [5, 5.41) is 12.5. The summed E-state index contributed by atoms with van der Waals surface area (Å²) >= 11 is 12.6. The highest BCUT2D eigenvalue weighted by atomic mass is 35.5. The first-order valence-corrected chi connectivity index (χ1v) is 10.9. The van der Waals surface area contributed by atoms with Gasteiger partial charge in [0.15, 0.2) is 5.82 Å². The number of halogens is 5. The van der Waals surface area contributed by atoms with Gasteiger partial charge in [-0.2, -0.15) is 18.2 Å². The summed E-state index contributed by atoms with van der Waals surface area (Å²) in [6.45, 7) is 9.53. The Balaban J connectivity index is 0.000000479. The molecule has 1 saturated heterocycles. The quantitative estimate of drug-likeness (QED) is 0.573. The Hall–Kier alpha value is -1.88. The average Bonchev–Trinajstić information content (AvgIpc) is 3.17. The predicted molar refractivity (Wildman–Crippen MR) is 116 cm³/mol. The monoisotopic (exact) mass is 511 g/mol. The van der Waals surface area contributed by atoms with Gasteiger partial charge in [-0.25, -0.2) is 4.79 Å². The second-order valence-corrected chi connectivity index (χ2v) is 9.47. The minimum absolute atomic E-state index is 0.195. The first-order chi connectivity index (χ1) is 15.3. The molecule has 1 aromatic heterocycles. The van der Waals surface area contributed by atoms with Crippen molar-refractivity contribution in [2.24, 2.45) is 5.41 Å². The molecule has 1 N–H and O–H groups in total. The Labute approximate surface area is 199 Å². The van der Waals surface area contributed by atoms with E-state index in [9.17, 15) is 13.2 Å². The number of carbonyl (C=O) groups is 1. The highest BCUT2D eigenvalue weighted by molar-refractivity contribution is 6.35. The number of carboxylic acids is 1. The van der Waals surface area contributed by atoms with Gasteiger partial charge in [0.25, 0.3) is 0 Å². The number of morpholine rings is 1. The molecular formula is C21H26Cl2F3N3O4. The van der Waals surface area contributed by atoms with Crippen LogP contribution < -0.4 is 0 Å². The maximum Gasteiger partial charge on any atom is 0.490 e. The van der Waals surface area contributed by atoms with Gasteiger partial charge in [0, 0.05) is 29.6 Å². The van der Waals surface area contributed by atoms with E-state index in [0.29, 0.717) is 29.1 Å². The third kappa shape index (κ3) is 8.77. The van der Waals surface area contributed by atoms with E-state index < -0.39 is 12.1 Å². The second kappa shape index (κ2) is 11.5. The van der Waals surface area contributed by atoms with Crippen molar-refractivity contribution < 1.29 is 32.3 Å². The molecule has 2 heterocycles. The lowest BCUT2D eigenvalue weighted by atomic mass is 9.90. The molecule has 12 heteroatoms. The molecule has 3 rings (SSSR count). The molecule has 0 radical (unpaired) electrons. The highest BCUT2D eigenvalue weighted by Crippen LogP contribution is 2.34. The summed E-state index contributed by atoms with van der Waals surface area (Å²) in [5.41, 5.74) is 1.15. The molecule has 0 aliphatic carbocycles. The normalized spacial score (nSPS) is 16.1. The molecule has 1 aromatic carbocycles. The van der Waals surface area contributed by atoms with Crippen LogP contribution in [0.25, 0.3) is 0 Å². The maximum atomic E-state index is 10.6. The molecule has 7 nitrogen and oxygen atoms in total. The summed E-state index contributed by atoms with van der Waals surface area (Å²) in [6, 6.07) is 5.33. The number of nitrogens with zero attached hydrogens (tertiary/aromatic N) is 3. The molecule has 0 spiro atoms. The summed E-state index contributed by atoms with van der Waals surface area (Å²) in [4.78, 5) is 15.8. The molecule has 0 amide bonds. The number of aromatic nitrogens is 2. The minimum Gasteiger partial charge on any atom is -0.475 e. The van der Waals surface area contributed by atoms with Crippen LogP contribution in [0, 0.1) is 5.41 Å². The number of alkyl halides is 3. The fraction of sp³-hybridized carbons (Fsp3) is 0.571. The van der Waals surface area contributed by atoms with Gasteiger partial charge >= 0.3 is 12.1 Å². The first-order valence-electron chi connectivity index (χ1n) is 10.2. The number of hydrogen-bond acceptors (Lipinski definition) is 6. The van der Waals surface area contributed by atoms with Gasteiger partial charge in [-0.15, -0.1) is 0 Å². The fourth-order valence-corrected chi connectivity index (χ4v) is 3.52. The van der Waals surface area contributed by atoms with E-state index in [-0.39, 0.29) is 11.5 Å². The molecule has 33 heavy (non-hydrogen) atoms. The molecule has 1 aliphatic rings. The van der Waals surface area contributed by atoms with Gasteiger partial charge in [0.1, 0.15) is 6.04 Å². The van der Waals surface area contributed by atoms with E-state index in [0.717, 1.165) is 37.3 Å². The molecular weight excluding hydrogens is 486 g/mol. The standard InChI is InChI=1S/C19H25Cl2N3O2.C2HF3O2/c1-19(2,3)7-6-16-22-18(26-23-16)17(24-8-10-25-11-9-24)14-5-4-13(20)12-15(14)21;3-2(4,5)1(6)7/h4-5,12,17H,6-11H2,1-3H3;(H,6,7). The molecule has 184 valence electrons. The Morgan fingerprint density at radius 3 is 2.33 bits per heavy atom. The van der Waals surface area contributed by atoms with E-state index in [4.69, 9.17) is 42.4 Å². The Kier molecular flexibility index (Phi) is 9.54. The van der Waals surface area contributed by atoms with Gasteiger partial charge in [-0.05, 0) is 29.5 Å². The van der Waals surface area contributed by atoms with Crippen LogP contribution in [-0.4, -0.2) is 58.6 Å². The fourth-order valence-electron chi connectivity index (χ4n) is 3.01. The highest BCUT2D eigenvalue weighted by Gasteiger charge is 2.38. The predicted octanol–water partition coefficient (Wildman–Crippen LogP) is 5.41. The molecule has 2 aromatic rings. The Morgan fingerprint density at radius 2 is 1.82 bits per heavy atom. The van der Waals surface area contributed by atoms with Crippen LogP contribution >= 0.6 is 23.2 Å². The number of carboxylic acid groups (broad SMARTS) is 1. The van der Waals surface area contributed by atoms with E-state index in [2.05, 4.69) is 35.8 Å². The van der Waals surface area contributed by atoms with Crippen molar-refractivity contribution in [1.29, 1.82) is 0 Å². The molecule has 0 bridgehead atoms. The van der Waals surface area contributed by atoms with Crippen molar-refractivity contribution in [2.45, 2.75) is 45.8 Å². The number of hydrogen-bond donors (Lipinski definition) is 1. The van der Waals surface area contributed by atoms with E-state index >= 15 is 0 Å². The van der Waals surface area contributed by atoms with Crippen LogP contribution in [0.1, 0.15) is 50.5 Å². The lowest BCUT2D eigenvalue weighted by molar-refractivity contribution is -0.192. The lowest BCUT2D eigenvalue weighted by Gasteiger charge is -2.33.